The summed E-state index contributed by atoms with van der Waals surface area (Å²) in [5, 5.41) is 13.4. The zero-order valence-electron chi connectivity index (χ0n) is 9.29. The molecule has 2 heterocycles. The molecule has 88 valence electrons. The van der Waals surface area contributed by atoms with Crippen molar-refractivity contribution in [3.05, 3.63) is 48.4 Å². The molecule has 0 aliphatic rings. The molecule has 2 aromatic heterocycles. The number of anilines is 1. The number of fused-ring (bicyclic) bond motifs is 1. The molecule has 2 N–H and O–H groups in total. The summed E-state index contributed by atoms with van der Waals surface area (Å²) in [5.41, 5.74) is 1.78. The number of hydrogen-bond donors (Lipinski definition) is 2. The standard InChI is InChI=1S/C12H9N5O/c18-12(11-7-14-17-16-11)15-10-5-1-4-9-8(10)3-2-6-13-9/h1-7H,(H,15,18)(H,14,16,17). The molecule has 1 amide bonds. The number of hydrogen-bond acceptors (Lipinski definition) is 4. The second kappa shape index (κ2) is 4.25. The van der Waals surface area contributed by atoms with Gasteiger partial charge in [0.15, 0.2) is 5.69 Å². The number of carbonyl (C=O) groups excluding carboxylic acids is 1. The molecule has 18 heavy (non-hydrogen) atoms. The van der Waals surface area contributed by atoms with E-state index in [4.69, 9.17) is 0 Å². The van der Waals surface area contributed by atoms with Gasteiger partial charge in [-0.1, -0.05) is 6.07 Å². The Hall–Kier alpha value is -2.76. The second-order valence-electron chi connectivity index (χ2n) is 3.69. The Balaban J connectivity index is 1.98. The third-order valence-corrected chi connectivity index (χ3v) is 2.54. The highest BCUT2D eigenvalue weighted by atomic mass is 16.2. The summed E-state index contributed by atoms with van der Waals surface area (Å²) < 4.78 is 0. The number of nitrogens with zero attached hydrogens (tertiary/aromatic N) is 3. The van der Waals surface area contributed by atoms with Crippen molar-refractivity contribution in [1.82, 2.24) is 20.4 Å². The third-order valence-electron chi connectivity index (χ3n) is 2.54. The Kier molecular flexibility index (Phi) is 2.45. The van der Waals surface area contributed by atoms with Crippen molar-refractivity contribution in [2.24, 2.45) is 0 Å². The molecule has 0 aliphatic heterocycles. The molecular formula is C12H9N5O. The Morgan fingerprint density at radius 1 is 1.22 bits per heavy atom. The fourth-order valence-electron chi connectivity index (χ4n) is 1.71. The summed E-state index contributed by atoms with van der Waals surface area (Å²) in [6.07, 6.45) is 3.09. The van der Waals surface area contributed by atoms with E-state index in [2.05, 4.69) is 25.7 Å². The van der Waals surface area contributed by atoms with Crippen LogP contribution in [0.2, 0.25) is 0 Å². The van der Waals surface area contributed by atoms with Crippen LogP contribution < -0.4 is 5.32 Å². The van der Waals surface area contributed by atoms with E-state index >= 15 is 0 Å². The van der Waals surface area contributed by atoms with E-state index in [1.54, 1.807) is 6.20 Å². The van der Waals surface area contributed by atoms with Crippen molar-refractivity contribution in [3.63, 3.8) is 0 Å². The lowest BCUT2D eigenvalue weighted by Crippen LogP contribution is -2.12. The van der Waals surface area contributed by atoms with Gasteiger partial charge in [0.1, 0.15) is 0 Å². The van der Waals surface area contributed by atoms with Gasteiger partial charge in [-0.15, -0.1) is 0 Å². The van der Waals surface area contributed by atoms with Gasteiger partial charge in [-0.25, -0.2) is 0 Å². The molecule has 0 unspecified atom stereocenters. The van der Waals surface area contributed by atoms with Crippen LogP contribution in [0.5, 0.6) is 0 Å². The highest BCUT2D eigenvalue weighted by molar-refractivity contribution is 6.07. The lowest BCUT2D eigenvalue weighted by atomic mass is 10.2. The molecule has 0 spiro atoms. The molecule has 0 radical (unpaired) electrons. The zero-order valence-corrected chi connectivity index (χ0v) is 9.29. The zero-order chi connectivity index (χ0) is 12.4. The molecule has 0 saturated carbocycles. The molecule has 0 fully saturated rings. The highest BCUT2D eigenvalue weighted by Gasteiger charge is 2.10. The number of aromatic nitrogens is 4. The van der Waals surface area contributed by atoms with Crippen LogP contribution in [0, 0.1) is 0 Å². The first-order chi connectivity index (χ1) is 8.84. The number of pyridine rings is 1. The van der Waals surface area contributed by atoms with Crippen molar-refractivity contribution in [3.8, 4) is 0 Å². The third kappa shape index (κ3) is 1.80. The number of rotatable bonds is 2. The number of benzene rings is 1. The first-order valence-electron chi connectivity index (χ1n) is 5.35. The van der Waals surface area contributed by atoms with Gasteiger partial charge >= 0.3 is 0 Å². The van der Waals surface area contributed by atoms with Gasteiger partial charge in [0.2, 0.25) is 0 Å². The van der Waals surface area contributed by atoms with Gasteiger partial charge in [-0.3, -0.25) is 9.78 Å². The molecule has 0 aliphatic carbocycles. The highest BCUT2D eigenvalue weighted by Crippen LogP contribution is 2.21. The quantitative estimate of drug-likeness (QED) is 0.711. The van der Waals surface area contributed by atoms with E-state index in [0.29, 0.717) is 5.69 Å². The average Bonchev–Trinajstić information content (AvgIpc) is 2.93. The summed E-state index contributed by atoms with van der Waals surface area (Å²) >= 11 is 0. The van der Waals surface area contributed by atoms with Gasteiger partial charge in [0.05, 0.1) is 17.4 Å². The number of amides is 1. The maximum Gasteiger partial charge on any atom is 0.277 e. The number of carbonyl (C=O) groups is 1. The number of H-pyrrole nitrogens is 1. The summed E-state index contributed by atoms with van der Waals surface area (Å²) in [5.74, 6) is -0.305. The summed E-state index contributed by atoms with van der Waals surface area (Å²) in [4.78, 5) is 16.1. The van der Waals surface area contributed by atoms with Crippen LogP contribution in [0.4, 0.5) is 5.69 Å². The van der Waals surface area contributed by atoms with E-state index in [-0.39, 0.29) is 11.6 Å². The molecule has 1 aromatic carbocycles. The van der Waals surface area contributed by atoms with Gasteiger partial charge in [0.25, 0.3) is 5.91 Å². The predicted octanol–water partition coefficient (Wildman–Crippen LogP) is 1.61. The van der Waals surface area contributed by atoms with E-state index < -0.39 is 0 Å². The molecule has 6 heteroatoms. The van der Waals surface area contributed by atoms with Crippen LogP contribution in [0.25, 0.3) is 10.9 Å². The topological polar surface area (TPSA) is 83.6 Å². The van der Waals surface area contributed by atoms with Crippen molar-refractivity contribution >= 4 is 22.5 Å². The average molecular weight is 239 g/mol. The van der Waals surface area contributed by atoms with Crippen LogP contribution >= 0.6 is 0 Å². The van der Waals surface area contributed by atoms with Crippen LogP contribution in [0.1, 0.15) is 10.5 Å². The van der Waals surface area contributed by atoms with Crippen LogP contribution in [0.15, 0.2) is 42.7 Å². The van der Waals surface area contributed by atoms with Crippen LogP contribution in [-0.4, -0.2) is 26.3 Å². The smallest absolute Gasteiger partial charge is 0.277 e. The van der Waals surface area contributed by atoms with E-state index in [9.17, 15) is 4.79 Å². The van der Waals surface area contributed by atoms with E-state index in [1.807, 2.05) is 30.3 Å². The first-order valence-corrected chi connectivity index (χ1v) is 5.35. The van der Waals surface area contributed by atoms with Gasteiger partial charge in [-0.2, -0.15) is 15.4 Å². The van der Waals surface area contributed by atoms with E-state index in [0.717, 1.165) is 10.9 Å². The van der Waals surface area contributed by atoms with E-state index in [1.165, 1.54) is 6.20 Å². The molecule has 3 rings (SSSR count). The monoisotopic (exact) mass is 239 g/mol. The maximum absolute atomic E-state index is 11.9. The fraction of sp³-hybridized carbons (Fsp3) is 0. The molecule has 3 aromatic rings. The minimum Gasteiger partial charge on any atom is -0.320 e. The lowest BCUT2D eigenvalue weighted by molar-refractivity contribution is 0.102. The van der Waals surface area contributed by atoms with Gasteiger partial charge in [0, 0.05) is 11.6 Å². The predicted molar refractivity (Wildman–Crippen MR) is 66.1 cm³/mol. The van der Waals surface area contributed by atoms with Crippen molar-refractivity contribution < 1.29 is 4.79 Å². The molecular weight excluding hydrogens is 230 g/mol. The summed E-state index contributed by atoms with van der Waals surface area (Å²) in [6, 6.07) is 9.28. The number of nitrogens with one attached hydrogen (secondary N) is 2. The fourth-order valence-corrected chi connectivity index (χ4v) is 1.71. The van der Waals surface area contributed by atoms with Crippen molar-refractivity contribution in [2.45, 2.75) is 0 Å². The Bertz CT molecular complexity index is 687. The molecule has 0 saturated heterocycles. The molecule has 0 atom stereocenters. The minimum absolute atomic E-state index is 0.246. The van der Waals surface area contributed by atoms with Gasteiger partial charge in [-0.05, 0) is 24.3 Å². The van der Waals surface area contributed by atoms with Crippen molar-refractivity contribution in [2.75, 3.05) is 5.32 Å². The second-order valence-corrected chi connectivity index (χ2v) is 3.69. The number of aromatic amines is 1. The summed E-state index contributed by atoms with van der Waals surface area (Å²) in [6.45, 7) is 0. The lowest BCUT2D eigenvalue weighted by Gasteiger charge is -2.06. The largest absolute Gasteiger partial charge is 0.320 e. The van der Waals surface area contributed by atoms with Crippen LogP contribution in [-0.2, 0) is 0 Å². The minimum atomic E-state index is -0.305. The summed E-state index contributed by atoms with van der Waals surface area (Å²) in [7, 11) is 0. The van der Waals surface area contributed by atoms with Crippen molar-refractivity contribution in [1.29, 1.82) is 0 Å². The van der Waals surface area contributed by atoms with Gasteiger partial charge < -0.3 is 5.32 Å². The molecule has 6 nitrogen and oxygen atoms in total. The first kappa shape index (κ1) is 10.4. The molecule has 0 bridgehead atoms. The SMILES string of the molecule is O=C(Nc1cccc2ncccc12)c1cn[nH]n1. The van der Waals surface area contributed by atoms with Crippen LogP contribution in [0.3, 0.4) is 0 Å². The maximum atomic E-state index is 11.9. The normalized spacial score (nSPS) is 10.4. The Labute approximate surface area is 102 Å². The Morgan fingerprint density at radius 3 is 3.00 bits per heavy atom. The Morgan fingerprint density at radius 2 is 2.17 bits per heavy atom.